The molecule has 0 fully saturated rings. The van der Waals surface area contributed by atoms with E-state index in [1.54, 1.807) is 18.2 Å². The Labute approximate surface area is 184 Å². The van der Waals surface area contributed by atoms with Gasteiger partial charge in [0.05, 0.1) is 22.0 Å². The molecule has 1 heterocycles. The number of hydrogen-bond acceptors (Lipinski definition) is 7. The summed E-state index contributed by atoms with van der Waals surface area (Å²) in [5.74, 6) is -1.15. The van der Waals surface area contributed by atoms with Gasteiger partial charge < -0.3 is 9.84 Å². The molecule has 0 spiro atoms. The first-order chi connectivity index (χ1) is 14.7. The molecule has 11 heteroatoms. The summed E-state index contributed by atoms with van der Waals surface area (Å²) in [5.41, 5.74) is -0.163. The van der Waals surface area contributed by atoms with E-state index < -0.39 is 28.2 Å². The number of halogens is 1. The smallest absolute Gasteiger partial charge is 0.344 e. The number of carboxylic acid groups (broad SMARTS) is 1. The topological polar surface area (TPSA) is 137 Å². The van der Waals surface area contributed by atoms with E-state index >= 15 is 0 Å². The van der Waals surface area contributed by atoms with Gasteiger partial charge in [0.1, 0.15) is 5.82 Å². The standard InChI is InChI=1S/C20H17BrN4O6/c1-3-17-23-15-8-7-13(21)9-14(15)19(26)24(17)22-10-12-5-4-6-16(25(29)30)18(12)31-11(2)20(27)28/h4-11H,3H2,1-2H3,(H,27,28)/t11-/m0/s1. The second kappa shape index (κ2) is 9.04. The minimum absolute atomic E-state index is 0.144. The Hall–Kier alpha value is -3.60. The van der Waals surface area contributed by atoms with Gasteiger partial charge in [-0.25, -0.2) is 9.78 Å². The molecule has 2 aromatic carbocycles. The van der Waals surface area contributed by atoms with Crippen molar-refractivity contribution < 1.29 is 19.6 Å². The molecule has 10 nitrogen and oxygen atoms in total. The number of aromatic nitrogens is 2. The molecule has 0 aliphatic heterocycles. The molecule has 0 unspecified atom stereocenters. The number of hydrogen-bond donors (Lipinski definition) is 1. The lowest BCUT2D eigenvalue weighted by atomic mass is 10.2. The lowest BCUT2D eigenvalue weighted by Crippen LogP contribution is -2.24. The second-order valence-corrected chi connectivity index (χ2v) is 7.37. The largest absolute Gasteiger partial charge is 0.479 e. The maximum Gasteiger partial charge on any atom is 0.344 e. The van der Waals surface area contributed by atoms with Gasteiger partial charge in [-0.05, 0) is 31.2 Å². The van der Waals surface area contributed by atoms with E-state index in [9.17, 15) is 19.7 Å². The van der Waals surface area contributed by atoms with Gasteiger partial charge >= 0.3 is 11.7 Å². The Balaban J connectivity index is 2.15. The van der Waals surface area contributed by atoms with Gasteiger partial charge in [-0.2, -0.15) is 9.78 Å². The van der Waals surface area contributed by atoms with Crippen molar-refractivity contribution in [1.29, 1.82) is 0 Å². The molecule has 0 saturated carbocycles. The van der Waals surface area contributed by atoms with Crippen LogP contribution in [0.4, 0.5) is 5.69 Å². The number of carbonyl (C=O) groups is 1. The molecule has 1 N–H and O–H groups in total. The van der Waals surface area contributed by atoms with Gasteiger partial charge in [-0.1, -0.05) is 28.9 Å². The number of carboxylic acids is 1. The summed E-state index contributed by atoms with van der Waals surface area (Å²) in [7, 11) is 0. The number of benzene rings is 2. The average molecular weight is 489 g/mol. The molecule has 0 aliphatic rings. The summed E-state index contributed by atoms with van der Waals surface area (Å²) < 4.78 is 7.13. The Morgan fingerprint density at radius 2 is 2.16 bits per heavy atom. The fourth-order valence-corrected chi connectivity index (χ4v) is 3.17. The number of fused-ring (bicyclic) bond motifs is 1. The molecule has 0 radical (unpaired) electrons. The highest BCUT2D eigenvalue weighted by molar-refractivity contribution is 9.10. The van der Waals surface area contributed by atoms with Crippen LogP contribution >= 0.6 is 15.9 Å². The third-order valence-electron chi connectivity index (χ3n) is 4.37. The van der Waals surface area contributed by atoms with Crippen LogP contribution in [0.2, 0.25) is 0 Å². The van der Waals surface area contributed by atoms with Gasteiger partial charge in [0.2, 0.25) is 5.75 Å². The quantitative estimate of drug-likeness (QED) is 0.305. The van der Waals surface area contributed by atoms with E-state index in [0.717, 1.165) is 4.68 Å². The third-order valence-corrected chi connectivity index (χ3v) is 4.86. The summed E-state index contributed by atoms with van der Waals surface area (Å²) in [4.78, 5) is 39.3. The zero-order chi connectivity index (χ0) is 22.7. The highest BCUT2D eigenvalue weighted by Crippen LogP contribution is 2.31. The summed E-state index contributed by atoms with van der Waals surface area (Å²) in [5, 5.41) is 25.0. The Bertz CT molecular complexity index is 1270. The van der Waals surface area contributed by atoms with Crippen molar-refractivity contribution in [3.05, 3.63) is 72.7 Å². The van der Waals surface area contributed by atoms with Crippen molar-refractivity contribution >= 4 is 44.7 Å². The monoisotopic (exact) mass is 488 g/mol. The van der Waals surface area contributed by atoms with Crippen LogP contribution in [0.15, 0.2) is 50.8 Å². The number of nitro benzene ring substituents is 1. The lowest BCUT2D eigenvalue weighted by molar-refractivity contribution is -0.386. The van der Waals surface area contributed by atoms with Gasteiger partial charge in [-0.3, -0.25) is 14.9 Å². The van der Waals surface area contributed by atoms with Gasteiger partial charge in [0, 0.05) is 22.5 Å². The first kappa shape index (κ1) is 22.1. The summed E-state index contributed by atoms with van der Waals surface area (Å²) in [6.07, 6.45) is 0.289. The molecule has 3 aromatic rings. The van der Waals surface area contributed by atoms with Crippen LogP contribution in [0.25, 0.3) is 10.9 Å². The molecule has 1 atom stereocenters. The maximum atomic E-state index is 13.0. The summed E-state index contributed by atoms with van der Waals surface area (Å²) in [6, 6.07) is 9.21. The predicted octanol–water partition coefficient (Wildman–Crippen LogP) is 3.36. The second-order valence-electron chi connectivity index (χ2n) is 6.46. The minimum atomic E-state index is -1.33. The SMILES string of the molecule is CCc1nc2ccc(Br)cc2c(=O)n1N=Cc1cccc([N+](=O)[O-])c1O[C@@H](C)C(=O)O. The van der Waals surface area contributed by atoms with Crippen molar-refractivity contribution in [2.24, 2.45) is 5.10 Å². The normalized spacial score (nSPS) is 12.2. The fraction of sp³-hybridized carbons (Fsp3) is 0.200. The number of aliphatic carboxylic acids is 1. The van der Waals surface area contributed by atoms with Crippen LogP contribution in [0, 0.1) is 10.1 Å². The number of nitro groups is 1. The number of para-hydroxylation sites is 1. The molecular weight excluding hydrogens is 472 g/mol. The van der Waals surface area contributed by atoms with Crippen LogP contribution in [0.5, 0.6) is 5.75 Å². The van der Waals surface area contributed by atoms with E-state index in [1.807, 2.05) is 6.92 Å². The van der Waals surface area contributed by atoms with Crippen molar-refractivity contribution in [3.63, 3.8) is 0 Å². The van der Waals surface area contributed by atoms with Crippen LogP contribution in [-0.2, 0) is 11.2 Å². The molecule has 31 heavy (non-hydrogen) atoms. The minimum Gasteiger partial charge on any atom is -0.479 e. The first-order valence-corrected chi connectivity index (χ1v) is 9.94. The van der Waals surface area contributed by atoms with Crippen LogP contribution in [0.1, 0.15) is 25.2 Å². The van der Waals surface area contributed by atoms with Crippen molar-refractivity contribution in [2.75, 3.05) is 0 Å². The van der Waals surface area contributed by atoms with E-state index in [-0.39, 0.29) is 11.3 Å². The number of rotatable bonds is 7. The molecule has 1 aromatic heterocycles. The summed E-state index contributed by atoms with van der Waals surface area (Å²) >= 11 is 3.33. The van der Waals surface area contributed by atoms with Gasteiger partial charge in [-0.15, -0.1) is 0 Å². The maximum absolute atomic E-state index is 13.0. The first-order valence-electron chi connectivity index (χ1n) is 9.15. The third kappa shape index (κ3) is 4.61. The zero-order valence-corrected chi connectivity index (χ0v) is 18.1. The van der Waals surface area contributed by atoms with E-state index in [1.165, 1.54) is 31.3 Å². The molecule has 0 aliphatic carbocycles. The zero-order valence-electron chi connectivity index (χ0n) is 16.5. The molecule has 3 rings (SSSR count). The van der Waals surface area contributed by atoms with Crippen LogP contribution in [0.3, 0.4) is 0 Å². The Morgan fingerprint density at radius 1 is 1.42 bits per heavy atom. The van der Waals surface area contributed by atoms with Crippen molar-refractivity contribution in [1.82, 2.24) is 9.66 Å². The number of nitrogens with zero attached hydrogens (tertiary/aromatic N) is 4. The van der Waals surface area contributed by atoms with E-state index in [4.69, 9.17) is 9.84 Å². The highest BCUT2D eigenvalue weighted by Gasteiger charge is 2.23. The molecule has 0 saturated heterocycles. The molecule has 0 bridgehead atoms. The van der Waals surface area contributed by atoms with Crippen molar-refractivity contribution in [2.45, 2.75) is 26.4 Å². The van der Waals surface area contributed by atoms with Crippen LogP contribution in [-0.4, -0.2) is 38.0 Å². The number of aryl methyl sites for hydroxylation is 1. The Morgan fingerprint density at radius 3 is 2.81 bits per heavy atom. The van der Waals surface area contributed by atoms with Gasteiger partial charge in [0.15, 0.2) is 6.10 Å². The molecule has 0 amide bonds. The van der Waals surface area contributed by atoms with Crippen LogP contribution < -0.4 is 10.3 Å². The summed E-state index contributed by atoms with van der Waals surface area (Å²) in [6.45, 7) is 3.07. The lowest BCUT2D eigenvalue weighted by Gasteiger charge is -2.13. The highest BCUT2D eigenvalue weighted by atomic mass is 79.9. The van der Waals surface area contributed by atoms with E-state index in [2.05, 4.69) is 26.0 Å². The number of ether oxygens (including phenoxy) is 1. The Kier molecular flexibility index (Phi) is 6.44. The fourth-order valence-electron chi connectivity index (χ4n) is 2.81. The van der Waals surface area contributed by atoms with Gasteiger partial charge in [0.25, 0.3) is 5.56 Å². The van der Waals surface area contributed by atoms with Crippen molar-refractivity contribution in [3.8, 4) is 5.75 Å². The molecule has 160 valence electrons. The molecular formula is C20H17BrN4O6. The average Bonchev–Trinajstić information content (AvgIpc) is 2.73. The van der Waals surface area contributed by atoms with E-state index in [0.29, 0.717) is 27.6 Å². The predicted molar refractivity (Wildman–Crippen MR) is 117 cm³/mol.